The molecule has 0 aliphatic rings. The van der Waals surface area contributed by atoms with Gasteiger partial charge in [0.1, 0.15) is 0 Å². The van der Waals surface area contributed by atoms with Gasteiger partial charge in [0.25, 0.3) is 0 Å². The molecule has 3 atom stereocenters. The number of hydrogen-bond acceptors (Lipinski definition) is 10. The van der Waals surface area contributed by atoms with Crippen molar-refractivity contribution in [3.8, 4) is 0 Å². The quantitative estimate of drug-likeness (QED) is 0.230. The van der Waals surface area contributed by atoms with Crippen LogP contribution in [0.15, 0.2) is 24.3 Å². The first-order valence-corrected chi connectivity index (χ1v) is 12.1. The SMILES string of the molecule is COP([O-])OP([O-])OP([O-])OCc1ccc(CNCCOCCNC(=O)C(F)(F)F)cc1. The van der Waals surface area contributed by atoms with E-state index in [1.54, 1.807) is 29.6 Å². The number of ether oxygens (including phenoxy) is 1. The average molecular weight is 523 g/mol. The Labute approximate surface area is 186 Å². The molecule has 1 aromatic rings. The molecule has 0 saturated carbocycles. The van der Waals surface area contributed by atoms with Crippen LogP contribution in [-0.4, -0.2) is 45.5 Å². The highest BCUT2D eigenvalue weighted by atomic mass is 31.3. The standard InChI is InChI=1S/C15H21F3N2O9P3/c1-25-30(22)28-32(24)29-31(23)27-11-13-4-2-12(3-5-13)10-19-6-8-26-9-7-20-14(21)15(16,17)18/h2-5,19H,6-11H2,1H3,(H,20,21)/q-3. The lowest BCUT2D eigenvalue weighted by Gasteiger charge is -2.33. The van der Waals surface area contributed by atoms with Crippen LogP contribution in [0.2, 0.25) is 0 Å². The van der Waals surface area contributed by atoms with Gasteiger partial charge in [-0.15, -0.1) is 0 Å². The molecule has 0 radical (unpaired) electrons. The monoisotopic (exact) mass is 523 g/mol. The number of benzene rings is 1. The number of halogens is 3. The van der Waals surface area contributed by atoms with Crippen molar-refractivity contribution in [2.75, 3.05) is 33.4 Å². The molecule has 2 N–H and O–H groups in total. The van der Waals surface area contributed by atoms with Crippen molar-refractivity contribution in [1.82, 2.24) is 10.6 Å². The lowest BCUT2D eigenvalue weighted by Crippen LogP contribution is -2.38. The van der Waals surface area contributed by atoms with Gasteiger partial charge in [-0.1, -0.05) is 24.3 Å². The Hall–Kier alpha value is -0.590. The molecule has 0 saturated heterocycles. The minimum absolute atomic E-state index is 0.0463. The maximum absolute atomic E-state index is 12.0. The van der Waals surface area contributed by atoms with Gasteiger partial charge in [-0.2, -0.15) is 13.2 Å². The fraction of sp³-hybridized carbons (Fsp3) is 0.533. The first-order valence-electron chi connectivity index (χ1n) is 8.78. The molecule has 0 spiro atoms. The summed E-state index contributed by atoms with van der Waals surface area (Å²) in [5.41, 5.74) is 1.57. The van der Waals surface area contributed by atoms with Gasteiger partial charge in [0, 0.05) is 26.7 Å². The van der Waals surface area contributed by atoms with Gasteiger partial charge in [0.2, 0.25) is 0 Å². The third-order valence-corrected chi connectivity index (χ3v) is 6.09. The minimum atomic E-state index is -4.91. The van der Waals surface area contributed by atoms with Gasteiger partial charge in [-0.25, -0.2) is 0 Å². The highest BCUT2D eigenvalue weighted by Crippen LogP contribution is 2.51. The third-order valence-electron chi connectivity index (χ3n) is 3.32. The van der Waals surface area contributed by atoms with Crippen molar-refractivity contribution in [1.29, 1.82) is 0 Å². The molecular weight excluding hydrogens is 502 g/mol. The Morgan fingerprint density at radius 1 is 0.969 bits per heavy atom. The van der Waals surface area contributed by atoms with Crippen molar-refractivity contribution >= 4 is 31.7 Å². The zero-order valence-corrected chi connectivity index (χ0v) is 19.4. The molecule has 0 fully saturated rings. The van der Waals surface area contributed by atoms with E-state index >= 15 is 0 Å². The van der Waals surface area contributed by atoms with E-state index in [1.165, 1.54) is 0 Å². The Balaban J connectivity index is 2.13. The van der Waals surface area contributed by atoms with E-state index < -0.39 is 37.9 Å². The minimum Gasteiger partial charge on any atom is -0.786 e. The molecule has 3 unspecified atom stereocenters. The topological polar surface area (TPSA) is 156 Å². The van der Waals surface area contributed by atoms with E-state index in [4.69, 9.17) is 9.26 Å². The van der Waals surface area contributed by atoms with E-state index in [2.05, 4.69) is 18.5 Å². The summed E-state index contributed by atoms with van der Waals surface area (Å²) >= 11 is 0. The predicted molar refractivity (Wildman–Crippen MR) is 103 cm³/mol. The van der Waals surface area contributed by atoms with Gasteiger partial charge < -0.3 is 47.7 Å². The summed E-state index contributed by atoms with van der Waals surface area (Å²) in [5, 5.41) is 4.76. The highest BCUT2D eigenvalue weighted by Gasteiger charge is 2.38. The molecule has 1 amide bonds. The molecule has 0 aliphatic heterocycles. The van der Waals surface area contributed by atoms with Crippen molar-refractivity contribution < 1.29 is 55.1 Å². The summed E-state index contributed by atoms with van der Waals surface area (Å²) in [6, 6.07) is 6.97. The van der Waals surface area contributed by atoms with E-state index in [-0.39, 0.29) is 26.4 Å². The van der Waals surface area contributed by atoms with Crippen molar-refractivity contribution in [2.45, 2.75) is 19.3 Å². The second-order valence-electron chi connectivity index (χ2n) is 5.65. The molecule has 0 bridgehead atoms. The summed E-state index contributed by atoms with van der Waals surface area (Å²) in [6.45, 7) is 0.782. The van der Waals surface area contributed by atoms with Crippen LogP contribution in [0.3, 0.4) is 0 Å². The molecule has 0 aliphatic carbocycles. The van der Waals surface area contributed by atoms with Crippen LogP contribution in [0.1, 0.15) is 11.1 Å². The van der Waals surface area contributed by atoms with Crippen LogP contribution in [0.4, 0.5) is 13.2 Å². The van der Waals surface area contributed by atoms with Crippen molar-refractivity contribution in [3.63, 3.8) is 0 Å². The van der Waals surface area contributed by atoms with Gasteiger partial charge in [0.05, 0.1) is 45.6 Å². The Morgan fingerprint density at radius 3 is 2.19 bits per heavy atom. The first kappa shape index (κ1) is 29.4. The summed E-state index contributed by atoms with van der Waals surface area (Å²) in [4.78, 5) is 44.2. The molecule has 1 rings (SSSR count). The van der Waals surface area contributed by atoms with Crippen LogP contribution in [0.5, 0.6) is 0 Å². The molecule has 32 heavy (non-hydrogen) atoms. The van der Waals surface area contributed by atoms with Crippen molar-refractivity contribution in [3.05, 3.63) is 35.4 Å². The average Bonchev–Trinajstić information content (AvgIpc) is 2.73. The Bertz CT molecular complexity index is 661. The van der Waals surface area contributed by atoms with E-state index in [0.29, 0.717) is 18.7 Å². The second-order valence-corrected chi connectivity index (χ2v) is 8.92. The van der Waals surface area contributed by atoms with Gasteiger partial charge in [-0.05, 0) is 11.1 Å². The maximum Gasteiger partial charge on any atom is 0.471 e. The lowest BCUT2D eigenvalue weighted by atomic mass is 10.1. The zero-order chi connectivity index (χ0) is 24.0. The normalized spacial score (nSPS) is 14.7. The number of nitrogens with one attached hydrogen (secondary N) is 2. The van der Waals surface area contributed by atoms with Crippen LogP contribution >= 0.6 is 25.8 Å². The van der Waals surface area contributed by atoms with E-state index in [0.717, 1.165) is 12.7 Å². The Kier molecular flexibility index (Phi) is 14.8. The molecule has 0 aromatic heterocycles. The van der Waals surface area contributed by atoms with Gasteiger partial charge in [-0.3, -0.25) is 4.79 Å². The highest BCUT2D eigenvalue weighted by molar-refractivity contribution is 7.58. The van der Waals surface area contributed by atoms with Crippen LogP contribution in [0, 0.1) is 0 Å². The number of rotatable bonds is 16. The number of hydrogen-bond donors (Lipinski definition) is 2. The number of amides is 1. The first-order chi connectivity index (χ1) is 15.1. The van der Waals surface area contributed by atoms with Crippen LogP contribution in [0.25, 0.3) is 0 Å². The lowest BCUT2D eigenvalue weighted by molar-refractivity contribution is -0.225. The molecular formula is C15H21F3N2O9P3-3. The molecule has 0 heterocycles. The van der Waals surface area contributed by atoms with Gasteiger partial charge >= 0.3 is 12.1 Å². The smallest absolute Gasteiger partial charge is 0.471 e. The number of alkyl halides is 3. The summed E-state index contributed by atoms with van der Waals surface area (Å²) in [5.74, 6) is -2.00. The fourth-order valence-electron chi connectivity index (χ4n) is 1.88. The summed E-state index contributed by atoms with van der Waals surface area (Å²) in [7, 11) is -7.25. The summed E-state index contributed by atoms with van der Waals surface area (Å²) in [6.07, 6.45) is -4.91. The predicted octanol–water partition coefficient (Wildman–Crippen LogP) is 0.429. The third kappa shape index (κ3) is 13.8. The molecule has 11 nitrogen and oxygen atoms in total. The second kappa shape index (κ2) is 16.1. The molecule has 1 aromatic carbocycles. The van der Waals surface area contributed by atoms with E-state index in [1.807, 2.05) is 0 Å². The Morgan fingerprint density at radius 2 is 1.56 bits per heavy atom. The number of carbonyl (C=O) groups excluding carboxylic acids is 1. The molecule has 17 heteroatoms. The maximum atomic E-state index is 12.0. The number of carbonyl (C=O) groups is 1. The van der Waals surface area contributed by atoms with Crippen molar-refractivity contribution in [2.24, 2.45) is 0 Å². The van der Waals surface area contributed by atoms with Crippen LogP contribution < -0.4 is 25.3 Å². The largest absolute Gasteiger partial charge is 0.786 e. The van der Waals surface area contributed by atoms with Gasteiger partial charge in [0.15, 0.2) is 0 Å². The fourth-order valence-corrected chi connectivity index (χ4v) is 3.85. The van der Waals surface area contributed by atoms with E-state index in [9.17, 15) is 32.6 Å². The summed E-state index contributed by atoms with van der Waals surface area (Å²) < 4.78 is 58.8. The zero-order valence-electron chi connectivity index (χ0n) is 16.7. The molecule has 184 valence electrons. The van der Waals surface area contributed by atoms with Crippen LogP contribution in [-0.2, 0) is 40.4 Å².